The molecular formula is C8H5ClFNO2. The van der Waals surface area contributed by atoms with Gasteiger partial charge in [-0.15, -0.1) is 0 Å². The van der Waals surface area contributed by atoms with Gasteiger partial charge in [-0.3, -0.25) is 0 Å². The van der Waals surface area contributed by atoms with Crippen LogP contribution in [0.2, 0.25) is 5.15 Å². The smallest absolute Gasteiger partial charge is 0.328 e. The molecule has 0 atom stereocenters. The molecule has 0 aliphatic rings. The lowest BCUT2D eigenvalue weighted by molar-refractivity contribution is -0.131. The summed E-state index contributed by atoms with van der Waals surface area (Å²) < 4.78 is 13.0. The van der Waals surface area contributed by atoms with Crippen LogP contribution in [-0.4, -0.2) is 16.1 Å². The van der Waals surface area contributed by atoms with E-state index in [9.17, 15) is 9.18 Å². The molecule has 5 heteroatoms. The zero-order valence-electron chi connectivity index (χ0n) is 6.37. The van der Waals surface area contributed by atoms with Crippen LogP contribution in [0.1, 0.15) is 5.56 Å². The summed E-state index contributed by atoms with van der Waals surface area (Å²) in [5.41, 5.74) is 0.0994. The Hall–Kier alpha value is -1.42. The van der Waals surface area contributed by atoms with Crippen LogP contribution < -0.4 is 0 Å². The fourth-order valence-electron chi connectivity index (χ4n) is 0.722. The average molecular weight is 202 g/mol. The van der Waals surface area contributed by atoms with Crippen molar-refractivity contribution >= 4 is 23.6 Å². The van der Waals surface area contributed by atoms with Crippen molar-refractivity contribution in [2.24, 2.45) is 0 Å². The predicted molar refractivity (Wildman–Crippen MR) is 45.9 cm³/mol. The first-order valence-corrected chi connectivity index (χ1v) is 3.70. The van der Waals surface area contributed by atoms with E-state index in [2.05, 4.69) is 4.98 Å². The molecule has 0 fully saturated rings. The Morgan fingerprint density at radius 1 is 1.69 bits per heavy atom. The van der Waals surface area contributed by atoms with Crippen molar-refractivity contribution in [3.63, 3.8) is 0 Å². The molecule has 1 aromatic heterocycles. The first-order valence-electron chi connectivity index (χ1n) is 3.32. The molecule has 68 valence electrons. The molecular weight excluding hydrogens is 197 g/mol. The molecule has 0 unspecified atom stereocenters. The number of halogens is 2. The van der Waals surface area contributed by atoms with E-state index in [1.807, 2.05) is 0 Å². The second-order valence-electron chi connectivity index (χ2n) is 2.18. The molecule has 1 N–H and O–H groups in total. The highest BCUT2D eigenvalue weighted by Crippen LogP contribution is 2.15. The summed E-state index contributed by atoms with van der Waals surface area (Å²) >= 11 is 5.36. The van der Waals surface area contributed by atoms with E-state index in [4.69, 9.17) is 16.7 Å². The van der Waals surface area contributed by atoms with E-state index in [-0.39, 0.29) is 10.7 Å². The van der Waals surface area contributed by atoms with Gasteiger partial charge in [-0.1, -0.05) is 11.6 Å². The summed E-state index contributed by atoms with van der Waals surface area (Å²) in [4.78, 5) is 13.6. The Balaban J connectivity index is 3.02. The topological polar surface area (TPSA) is 50.2 Å². The normalized spacial score (nSPS) is 10.6. The quantitative estimate of drug-likeness (QED) is 0.588. The van der Waals surface area contributed by atoms with Crippen LogP contribution in [-0.2, 0) is 4.79 Å². The van der Waals surface area contributed by atoms with E-state index < -0.39 is 11.8 Å². The van der Waals surface area contributed by atoms with Crippen molar-refractivity contribution in [1.82, 2.24) is 4.98 Å². The molecule has 1 heterocycles. The highest BCUT2D eigenvalue weighted by molar-refractivity contribution is 6.29. The highest BCUT2D eigenvalue weighted by atomic mass is 35.5. The van der Waals surface area contributed by atoms with Gasteiger partial charge < -0.3 is 5.11 Å². The molecule has 1 rings (SSSR count). The van der Waals surface area contributed by atoms with Gasteiger partial charge in [-0.2, -0.15) is 0 Å². The SMILES string of the molecule is O=C(O)/C=C/c1ccnc(Cl)c1F. The maximum absolute atomic E-state index is 13.0. The molecule has 0 spiro atoms. The minimum Gasteiger partial charge on any atom is -0.478 e. The van der Waals surface area contributed by atoms with Crippen molar-refractivity contribution in [2.75, 3.05) is 0 Å². The lowest BCUT2D eigenvalue weighted by Crippen LogP contribution is -1.89. The molecule has 0 aromatic carbocycles. The van der Waals surface area contributed by atoms with E-state index in [1.54, 1.807) is 0 Å². The maximum atomic E-state index is 13.0. The number of carbonyl (C=O) groups is 1. The maximum Gasteiger partial charge on any atom is 0.328 e. The van der Waals surface area contributed by atoms with Crippen LogP contribution in [0.25, 0.3) is 6.08 Å². The molecule has 0 saturated carbocycles. The second-order valence-corrected chi connectivity index (χ2v) is 2.53. The van der Waals surface area contributed by atoms with E-state index in [0.29, 0.717) is 0 Å². The Kier molecular flexibility index (Phi) is 2.97. The number of aliphatic carboxylic acids is 1. The molecule has 0 bridgehead atoms. The fourth-order valence-corrected chi connectivity index (χ4v) is 0.887. The Morgan fingerprint density at radius 2 is 2.38 bits per heavy atom. The number of nitrogens with zero attached hydrogens (tertiary/aromatic N) is 1. The van der Waals surface area contributed by atoms with Crippen molar-refractivity contribution in [3.8, 4) is 0 Å². The minimum atomic E-state index is -1.15. The van der Waals surface area contributed by atoms with Crippen LogP contribution in [0.3, 0.4) is 0 Å². The Bertz CT molecular complexity index is 365. The van der Waals surface area contributed by atoms with E-state index >= 15 is 0 Å². The minimum absolute atomic E-state index is 0.0994. The molecule has 0 radical (unpaired) electrons. The van der Waals surface area contributed by atoms with Gasteiger partial charge in [0, 0.05) is 17.8 Å². The molecule has 0 amide bonds. The monoisotopic (exact) mass is 201 g/mol. The zero-order chi connectivity index (χ0) is 9.84. The summed E-state index contributed by atoms with van der Waals surface area (Å²) in [7, 11) is 0. The molecule has 13 heavy (non-hydrogen) atoms. The van der Waals surface area contributed by atoms with E-state index in [1.165, 1.54) is 12.3 Å². The van der Waals surface area contributed by atoms with Crippen molar-refractivity contribution in [2.45, 2.75) is 0 Å². The van der Waals surface area contributed by atoms with Gasteiger partial charge in [0.2, 0.25) is 0 Å². The molecule has 0 aliphatic heterocycles. The van der Waals surface area contributed by atoms with E-state index in [0.717, 1.165) is 12.2 Å². The number of carboxylic acids is 1. The Morgan fingerprint density at radius 3 is 3.00 bits per heavy atom. The number of rotatable bonds is 2. The fraction of sp³-hybridized carbons (Fsp3) is 0. The lowest BCUT2D eigenvalue weighted by Gasteiger charge is -1.96. The van der Waals surface area contributed by atoms with Gasteiger partial charge in [0.05, 0.1) is 0 Å². The van der Waals surface area contributed by atoms with Gasteiger partial charge in [0.15, 0.2) is 11.0 Å². The molecule has 0 saturated heterocycles. The predicted octanol–water partition coefficient (Wildman–Crippen LogP) is 1.97. The number of aromatic nitrogens is 1. The van der Waals surface area contributed by atoms with Gasteiger partial charge in [0.25, 0.3) is 0 Å². The van der Waals surface area contributed by atoms with Gasteiger partial charge in [-0.05, 0) is 12.1 Å². The molecule has 1 aromatic rings. The molecule has 3 nitrogen and oxygen atoms in total. The standard InChI is InChI=1S/C8H5ClFNO2/c9-8-7(10)5(3-4-11-8)1-2-6(12)13/h1-4H,(H,12,13)/b2-1+. The average Bonchev–Trinajstić information content (AvgIpc) is 2.07. The largest absolute Gasteiger partial charge is 0.478 e. The number of hydrogen-bond acceptors (Lipinski definition) is 2. The first kappa shape index (κ1) is 9.67. The Labute approximate surface area is 78.5 Å². The number of carboxylic acid groups (broad SMARTS) is 1. The lowest BCUT2D eigenvalue weighted by atomic mass is 10.2. The van der Waals surface area contributed by atoms with Crippen molar-refractivity contribution in [1.29, 1.82) is 0 Å². The summed E-state index contributed by atoms with van der Waals surface area (Å²) in [6.45, 7) is 0. The van der Waals surface area contributed by atoms with Crippen LogP contribution in [0.4, 0.5) is 4.39 Å². The van der Waals surface area contributed by atoms with Gasteiger partial charge >= 0.3 is 5.97 Å². The van der Waals surface area contributed by atoms with Gasteiger partial charge in [-0.25, -0.2) is 14.2 Å². The molecule has 0 aliphatic carbocycles. The first-order chi connectivity index (χ1) is 6.11. The third-order valence-electron chi connectivity index (χ3n) is 1.28. The summed E-state index contributed by atoms with van der Waals surface area (Å²) in [5.74, 6) is -1.87. The third kappa shape index (κ3) is 2.52. The van der Waals surface area contributed by atoms with Crippen LogP contribution in [0, 0.1) is 5.82 Å². The zero-order valence-corrected chi connectivity index (χ0v) is 7.12. The summed E-state index contributed by atoms with van der Waals surface area (Å²) in [6, 6.07) is 1.33. The van der Waals surface area contributed by atoms with Crippen LogP contribution >= 0.6 is 11.6 Å². The van der Waals surface area contributed by atoms with Crippen LogP contribution in [0.15, 0.2) is 18.3 Å². The summed E-state index contributed by atoms with van der Waals surface area (Å²) in [6.07, 6.45) is 3.24. The van der Waals surface area contributed by atoms with Crippen molar-refractivity contribution < 1.29 is 14.3 Å². The van der Waals surface area contributed by atoms with Gasteiger partial charge in [0.1, 0.15) is 0 Å². The van der Waals surface area contributed by atoms with Crippen molar-refractivity contribution in [3.05, 3.63) is 34.9 Å². The third-order valence-corrected chi connectivity index (χ3v) is 1.55. The number of hydrogen-bond donors (Lipinski definition) is 1. The summed E-state index contributed by atoms with van der Waals surface area (Å²) in [5, 5.41) is 8.01. The van der Waals surface area contributed by atoms with Crippen LogP contribution in [0.5, 0.6) is 0 Å². The second kappa shape index (κ2) is 4.00. The number of pyridine rings is 1. The highest BCUT2D eigenvalue weighted by Gasteiger charge is 2.04.